The van der Waals surface area contributed by atoms with Crippen LogP contribution < -0.4 is 5.32 Å². The monoisotopic (exact) mass is 466 g/mol. The number of aryl methyl sites for hydroxylation is 2. The smallest absolute Gasteiger partial charge is 0.256 e. The summed E-state index contributed by atoms with van der Waals surface area (Å²) in [6.07, 6.45) is 6.58. The molecule has 35 heavy (non-hydrogen) atoms. The van der Waals surface area contributed by atoms with Crippen molar-refractivity contribution in [3.8, 4) is 11.3 Å². The highest BCUT2D eigenvalue weighted by atomic mass is 16.2. The molecule has 176 valence electrons. The standard InChI is InChI=1S/C27H26N6O2/c1-4-23(34)32-15-7-8-21(32)26-31-24(25-18(3)29-16-17(2)33(25)26)19-10-12-20(13-11-19)27(35)30-22-9-5-6-14-28-22/h4-6,9-14,16,21H,1,7-8,15H2,2-3H3,(H,28,30,35)/t21-/m0/s1. The molecule has 0 bridgehead atoms. The van der Waals surface area contributed by atoms with E-state index in [2.05, 4.69) is 26.3 Å². The van der Waals surface area contributed by atoms with Gasteiger partial charge in [-0.2, -0.15) is 0 Å². The van der Waals surface area contributed by atoms with Crippen LogP contribution in [0.2, 0.25) is 0 Å². The van der Waals surface area contributed by atoms with Crippen molar-refractivity contribution in [3.63, 3.8) is 0 Å². The summed E-state index contributed by atoms with van der Waals surface area (Å²) in [5, 5.41) is 2.80. The molecule has 2 amide bonds. The van der Waals surface area contributed by atoms with Crippen LogP contribution in [-0.4, -0.2) is 42.6 Å². The highest BCUT2D eigenvalue weighted by Gasteiger charge is 2.33. The molecule has 0 unspecified atom stereocenters. The molecule has 3 aromatic heterocycles. The largest absolute Gasteiger partial charge is 0.329 e. The van der Waals surface area contributed by atoms with Crippen LogP contribution in [0.1, 0.15) is 46.5 Å². The minimum atomic E-state index is -0.233. The van der Waals surface area contributed by atoms with Gasteiger partial charge in [-0.3, -0.25) is 19.0 Å². The van der Waals surface area contributed by atoms with E-state index in [0.29, 0.717) is 17.9 Å². The summed E-state index contributed by atoms with van der Waals surface area (Å²) in [5.41, 5.74) is 4.88. The van der Waals surface area contributed by atoms with E-state index >= 15 is 0 Å². The highest BCUT2D eigenvalue weighted by molar-refractivity contribution is 6.04. The fourth-order valence-electron chi connectivity index (χ4n) is 4.68. The minimum absolute atomic E-state index is 0.0856. The number of amides is 2. The third-order valence-electron chi connectivity index (χ3n) is 6.38. The Labute approximate surface area is 203 Å². The van der Waals surface area contributed by atoms with Gasteiger partial charge in [0.25, 0.3) is 5.91 Å². The first-order chi connectivity index (χ1) is 17.0. The minimum Gasteiger partial charge on any atom is -0.329 e. The molecule has 8 nitrogen and oxygen atoms in total. The molecule has 0 saturated carbocycles. The van der Waals surface area contributed by atoms with E-state index in [1.807, 2.05) is 43.1 Å². The van der Waals surface area contributed by atoms with Crippen molar-refractivity contribution in [2.45, 2.75) is 32.7 Å². The molecule has 1 aliphatic heterocycles. The van der Waals surface area contributed by atoms with Crippen LogP contribution in [0.25, 0.3) is 16.8 Å². The first-order valence-electron chi connectivity index (χ1n) is 11.6. The fraction of sp³-hybridized carbons (Fsp3) is 0.222. The van der Waals surface area contributed by atoms with Crippen LogP contribution >= 0.6 is 0 Å². The molecule has 4 aromatic rings. The number of nitrogens with zero attached hydrogens (tertiary/aromatic N) is 5. The van der Waals surface area contributed by atoms with Crippen LogP contribution in [0.4, 0.5) is 5.82 Å². The summed E-state index contributed by atoms with van der Waals surface area (Å²) in [6.45, 7) is 8.30. The van der Waals surface area contributed by atoms with Gasteiger partial charge < -0.3 is 10.2 Å². The van der Waals surface area contributed by atoms with E-state index in [-0.39, 0.29) is 17.9 Å². The van der Waals surface area contributed by atoms with Crippen molar-refractivity contribution in [2.24, 2.45) is 0 Å². The maximum Gasteiger partial charge on any atom is 0.256 e. The molecule has 1 N–H and O–H groups in total. The quantitative estimate of drug-likeness (QED) is 0.437. The molecular formula is C27H26N6O2. The summed E-state index contributed by atoms with van der Waals surface area (Å²) in [7, 11) is 0. The molecule has 1 aromatic carbocycles. The third kappa shape index (κ3) is 4.07. The number of benzene rings is 1. The number of aromatic nitrogens is 4. The topological polar surface area (TPSA) is 92.5 Å². The lowest BCUT2D eigenvalue weighted by Gasteiger charge is -2.23. The van der Waals surface area contributed by atoms with Crippen LogP contribution in [0, 0.1) is 13.8 Å². The lowest BCUT2D eigenvalue weighted by molar-refractivity contribution is -0.127. The van der Waals surface area contributed by atoms with E-state index in [4.69, 9.17) is 4.98 Å². The zero-order valence-corrected chi connectivity index (χ0v) is 19.7. The molecule has 1 fully saturated rings. The average molecular weight is 467 g/mol. The van der Waals surface area contributed by atoms with Gasteiger partial charge in [0.05, 0.1) is 22.9 Å². The molecule has 0 radical (unpaired) electrons. The van der Waals surface area contributed by atoms with Gasteiger partial charge in [0.15, 0.2) is 0 Å². The first kappa shape index (κ1) is 22.5. The molecular weight excluding hydrogens is 440 g/mol. The Hall–Kier alpha value is -4.33. The number of rotatable bonds is 5. The fourth-order valence-corrected chi connectivity index (χ4v) is 4.68. The molecule has 1 atom stereocenters. The van der Waals surface area contributed by atoms with Gasteiger partial charge in [0, 0.05) is 35.8 Å². The van der Waals surface area contributed by atoms with Crippen LogP contribution in [-0.2, 0) is 4.79 Å². The van der Waals surface area contributed by atoms with Gasteiger partial charge in [-0.15, -0.1) is 0 Å². The Morgan fingerprint density at radius 3 is 2.63 bits per heavy atom. The third-order valence-corrected chi connectivity index (χ3v) is 6.38. The van der Waals surface area contributed by atoms with Gasteiger partial charge in [-0.1, -0.05) is 24.8 Å². The maximum atomic E-state index is 12.7. The number of anilines is 1. The number of carbonyl (C=O) groups excluding carboxylic acids is 2. The van der Waals surface area contributed by atoms with Crippen LogP contribution in [0.5, 0.6) is 0 Å². The van der Waals surface area contributed by atoms with Gasteiger partial charge in [-0.25, -0.2) is 9.97 Å². The molecule has 1 saturated heterocycles. The Bertz CT molecular complexity index is 1430. The summed E-state index contributed by atoms with van der Waals surface area (Å²) in [6, 6.07) is 12.6. The molecule has 4 heterocycles. The van der Waals surface area contributed by atoms with Crippen LogP contribution in [0.15, 0.2) is 67.5 Å². The Morgan fingerprint density at radius 1 is 1.11 bits per heavy atom. The van der Waals surface area contributed by atoms with Crippen molar-refractivity contribution in [2.75, 3.05) is 11.9 Å². The molecule has 5 rings (SSSR count). The van der Waals surface area contributed by atoms with Gasteiger partial charge in [0.2, 0.25) is 5.91 Å². The van der Waals surface area contributed by atoms with E-state index in [1.165, 1.54) is 6.08 Å². The second-order valence-electron chi connectivity index (χ2n) is 8.63. The predicted octanol–water partition coefficient (Wildman–Crippen LogP) is 4.51. The Balaban J connectivity index is 1.55. The number of pyridine rings is 1. The number of carbonyl (C=O) groups is 2. The van der Waals surface area contributed by atoms with E-state index < -0.39 is 0 Å². The number of nitrogens with one attached hydrogen (secondary N) is 1. The molecule has 0 spiro atoms. The maximum absolute atomic E-state index is 12.7. The average Bonchev–Trinajstić information content (AvgIpc) is 3.52. The molecule has 0 aliphatic carbocycles. The Morgan fingerprint density at radius 2 is 1.91 bits per heavy atom. The van der Waals surface area contributed by atoms with E-state index in [0.717, 1.165) is 46.8 Å². The lowest BCUT2D eigenvalue weighted by atomic mass is 10.1. The van der Waals surface area contributed by atoms with Gasteiger partial charge in [-0.05, 0) is 57.0 Å². The summed E-state index contributed by atoms with van der Waals surface area (Å²) in [4.78, 5) is 40.8. The zero-order valence-electron chi connectivity index (χ0n) is 19.7. The summed E-state index contributed by atoms with van der Waals surface area (Å²) >= 11 is 0. The lowest BCUT2D eigenvalue weighted by Crippen LogP contribution is -2.30. The predicted molar refractivity (Wildman–Crippen MR) is 134 cm³/mol. The van der Waals surface area contributed by atoms with Crippen molar-refractivity contribution >= 4 is 23.1 Å². The van der Waals surface area contributed by atoms with Crippen molar-refractivity contribution in [1.82, 2.24) is 24.3 Å². The van der Waals surface area contributed by atoms with E-state index in [9.17, 15) is 9.59 Å². The molecule has 1 aliphatic rings. The van der Waals surface area contributed by atoms with Crippen molar-refractivity contribution in [3.05, 3.63) is 90.3 Å². The Kier molecular flexibility index (Phi) is 5.86. The SMILES string of the molecule is C=CC(=O)N1CCC[C@H]1c1nc(-c2ccc(C(=O)Nc3ccccn3)cc2)c2c(C)ncc(C)n12. The summed E-state index contributed by atoms with van der Waals surface area (Å²) < 4.78 is 2.11. The number of likely N-dealkylation sites (tertiary alicyclic amines) is 1. The normalized spacial score (nSPS) is 15.4. The van der Waals surface area contributed by atoms with Crippen molar-refractivity contribution in [1.29, 1.82) is 0 Å². The second-order valence-corrected chi connectivity index (χ2v) is 8.63. The number of imidazole rings is 1. The number of hydrogen-bond acceptors (Lipinski definition) is 5. The second kappa shape index (κ2) is 9.13. The van der Waals surface area contributed by atoms with Gasteiger partial charge in [0.1, 0.15) is 11.6 Å². The van der Waals surface area contributed by atoms with E-state index in [1.54, 1.807) is 30.5 Å². The molecule has 8 heteroatoms. The highest BCUT2D eigenvalue weighted by Crippen LogP contribution is 2.36. The van der Waals surface area contributed by atoms with Gasteiger partial charge >= 0.3 is 0 Å². The van der Waals surface area contributed by atoms with Crippen LogP contribution in [0.3, 0.4) is 0 Å². The number of hydrogen-bond donors (Lipinski definition) is 1. The summed E-state index contributed by atoms with van der Waals surface area (Å²) in [5.74, 6) is 1.00. The number of fused-ring (bicyclic) bond motifs is 1. The first-order valence-corrected chi connectivity index (χ1v) is 11.6. The van der Waals surface area contributed by atoms with Crippen molar-refractivity contribution < 1.29 is 9.59 Å². The zero-order chi connectivity index (χ0) is 24.5.